The van der Waals surface area contributed by atoms with Gasteiger partial charge >= 0.3 is 5.69 Å². The summed E-state index contributed by atoms with van der Waals surface area (Å²) in [4.78, 5) is 33.5. The second kappa shape index (κ2) is 8.01. The average molecular weight is 365 g/mol. The van der Waals surface area contributed by atoms with Crippen LogP contribution in [0.4, 0.5) is 14.5 Å². The number of halogens is 2. The number of para-hydroxylation sites is 1. The molecule has 0 saturated heterocycles. The molecule has 0 heterocycles. The summed E-state index contributed by atoms with van der Waals surface area (Å²) < 4.78 is 31.9. The van der Waals surface area contributed by atoms with Crippen molar-refractivity contribution in [3.63, 3.8) is 0 Å². The van der Waals surface area contributed by atoms with Crippen molar-refractivity contribution in [2.75, 3.05) is 0 Å². The van der Waals surface area contributed by atoms with E-state index in [1.165, 1.54) is 25.1 Å². The van der Waals surface area contributed by atoms with Crippen LogP contribution < -0.4 is 15.6 Å². The predicted octanol–water partition coefficient (Wildman–Crippen LogP) is 2.10. The van der Waals surface area contributed by atoms with Gasteiger partial charge in [-0.15, -0.1) is 0 Å². The Bertz CT molecular complexity index is 860. The van der Waals surface area contributed by atoms with Crippen molar-refractivity contribution in [3.05, 3.63) is 69.8 Å². The summed E-state index contributed by atoms with van der Waals surface area (Å²) in [5.41, 5.74) is 2.93. The summed E-state index contributed by atoms with van der Waals surface area (Å²) in [6.45, 7) is 1.33. The van der Waals surface area contributed by atoms with Crippen LogP contribution in [0.5, 0.6) is 5.75 Å². The molecule has 8 nitrogen and oxygen atoms in total. The molecule has 0 aliphatic carbocycles. The molecular weight excluding hydrogens is 352 g/mol. The number of nitrogens with one attached hydrogen (secondary N) is 2. The molecule has 2 amide bonds. The van der Waals surface area contributed by atoms with Crippen molar-refractivity contribution in [3.8, 4) is 5.75 Å². The van der Waals surface area contributed by atoms with Crippen molar-refractivity contribution in [2.45, 2.75) is 13.0 Å². The zero-order valence-electron chi connectivity index (χ0n) is 13.4. The number of ether oxygens (including phenoxy) is 1. The molecule has 2 aromatic carbocycles. The first-order valence-corrected chi connectivity index (χ1v) is 7.25. The van der Waals surface area contributed by atoms with Gasteiger partial charge in [-0.25, -0.2) is 4.39 Å². The van der Waals surface area contributed by atoms with E-state index in [2.05, 4.69) is 0 Å². The van der Waals surface area contributed by atoms with Crippen LogP contribution >= 0.6 is 0 Å². The zero-order chi connectivity index (χ0) is 19.3. The van der Waals surface area contributed by atoms with E-state index in [4.69, 9.17) is 4.74 Å². The lowest BCUT2D eigenvalue weighted by atomic mass is 10.2. The fraction of sp³-hybridized carbons (Fsp3) is 0.125. The largest absolute Gasteiger partial charge is 0.478 e. The molecule has 0 fully saturated rings. The third-order valence-electron chi connectivity index (χ3n) is 3.21. The molecule has 26 heavy (non-hydrogen) atoms. The third kappa shape index (κ3) is 4.50. The number of nitro groups is 1. The minimum absolute atomic E-state index is 0.143. The summed E-state index contributed by atoms with van der Waals surface area (Å²) >= 11 is 0. The van der Waals surface area contributed by atoms with Crippen LogP contribution in [0.15, 0.2) is 42.5 Å². The van der Waals surface area contributed by atoms with Crippen LogP contribution in [0.2, 0.25) is 0 Å². The van der Waals surface area contributed by atoms with Gasteiger partial charge in [0.15, 0.2) is 17.7 Å². The Morgan fingerprint density at radius 1 is 1.12 bits per heavy atom. The van der Waals surface area contributed by atoms with Gasteiger partial charge in [-0.3, -0.25) is 30.6 Å². The predicted molar refractivity (Wildman–Crippen MR) is 85.2 cm³/mol. The van der Waals surface area contributed by atoms with Gasteiger partial charge in [0.25, 0.3) is 11.8 Å². The van der Waals surface area contributed by atoms with Crippen molar-refractivity contribution < 1.29 is 28.0 Å². The number of amides is 2. The minimum atomic E-state index is -1.14. The maximum atomic E-state index is 13.5. The number of benzene rings is 2. The summed E-state index contributed by atoms with van der Waals surface area (Å²) in [7, 11) is 0. The summed E-state index contributed by atoms with van der Waals surface area (Å²) in [5, 5.41) is 10.7. The molecule has 0 unspecified atom stereocenters. The van der Waals surface area contributed by atoms with E-state index in [9.17, 15) is 28.5 Å². The first-order chi connectivity index (χ1) is 12.3. The van der Waals surface area contributed by atoms with Crippen molar-refractivity contribution in [2.24, 2.45) is 0 Å². The highest BCUT2D eigenvalue weighted by molar-refractivity contribution is 5.96. The number of rotatable bonds is 5. The highest BCUT2D eigenvalue weighted by Crippen LogP contribution is 2.18. The molecule has 2 N–H and O–H groups in total. The quantitative estimate of drug-likeness (QED) is 0.623. The van der Waals surface area contributed by atoms with Gasteiger partial charge < -0.3 is 4.74 Å². The molecule has 0 radical (unpaired) electrons. The van der Waals surface area contributed by atoms with Crippen molar-refractivity contribution >= 4 is 17.5 Å². The molecule has 1 atom stereocenters. The average Bonchev–Trinajstić information content (AvgIpc) is 2.61. The van der Waals surface area contributed by atoms with E-state index in [-0.39, 0.29) is 11.3 Å². The van der Waals surface area contributed by atoms with Crippen LogP contribution in [0.3, 0.4) is 0 Å². The summed E-state index contributed by atoms with van der Waals surface area (Å²) in [5.74, 6) is -3.59. The second-order valence-electron chi connectivity index (χ2n) is 5.06. The van der Waals surface area contributed by atoms with Gasteiger partial charge in [0.2, 0.25) is 5.82 Å². The Balaban J connectivity index is 1.96. The molecule has 10 heteroatoms. The standard InChI is InChI=1S/C16H13F2N3O5/c1-9(26-14-5-3-2-4-12(14)18)15(22)19-20-16(23)10-6-7-11(17)13(8-10)21(24)25/h2-9H,1H3,(H,19,22)(H,20,23)/t9-/m1/s1. The van der Waals surface area contributed by atoms with E-state index < -0.39 is 40.2 Å². The lowest BCUT2D eigenvalue weighted by Gasteiger charge is -2.15. The van der Waals surface area contributed by atoms with E-state index >= 15 is 0 Å². The molecule has 0 aliphatic rings. The fourth-order valence-electron chi connectivity index (χ4n) is 1.87. The van der Waals surface area contributed by atoms with Gasteiger partial charge in [-0.05, 0) is 31.2 Å². The number of hydrogen-bond donors (Lipinski definition) is 2. The highest BCUT2D eigenvalue weighted by Gasteiger charge is 2.20. The van der Waals surface area contributed by atoms with Gasteiger partial charge in [0.05, 0.1) is 4.92 Å². The van der Waals surface area contributed by atoms with Gasteiger partial charge in [0.1, 0.15) is 0 Å². The maximum Gasteiger partial charge on any atom is 0.305 e. The van der Waals surface area contributed by atoms with Gasteiger partial charge in [-0.1, -0.05) is 12.1 Å². The van der Waals surface area contributed by atoms with Crippen LogP contribution in [-0.2, 0) is 4.79 Å². The first-order valence-electron chi connectivity index (χ1n) is 7.25. The third-order valence-corrected chi connectivity index (χ3v) is 3.21. The number of carbonyl (C=O) groups excluding carboxylic acids is 2. The Morgan fingerprint density at radius 2 is 1.81 bits per heavy atom. The van der Waals surface area contributed by atoms with Crippen molar-refractivity contribution in [1.29, 1.82) is 0 Å². The highest BCUT2D eigenvalue weighted by atomic mass is 19.1. The van der Waals surface area contributed by atoms with Crippen molar-refractivity contribution in [1.82, 2.24) is 10.9 Å². The summed E-state index contributed by atoms with van der Waals surface area (Å²) in [6, 6.07) is 7.97. The molecule has 2 aromatic rings. The van der Waals surface area contributed by atoms with E-state index in [0.29, 0.717) is 0 Å². The Morgan fingerprint density at radius 3 is 2.46 bits per heavy atom. The van der Waals surface area contributed by atoms with Gasteiger partial charge in [-0.2, -0.15) is 4.39 Å². The molecular formula is C16H13F2N3O5. The van der Waals surface area contributed by atoms with E-state index in [1.807, 2.05) is 10.9 Å². The number of hydrogen-bond acceptors (Lipinski definition) is 5. The fourth-order valence-corrected chi connectivity index (χ4v) is 1.87. The van der Waals surface area contributed by atoms with E-state index in [0.717, 1.165) is 24.3 Å². The molecule has 0 bridgehead atoms. The normalized spacial score (nSPS) is 11.3. The monoisotopic (exact) mass is 365 g/mol. The molecule has 2 rings (SSSR count). The van der Waals surface area contributed by atoms with Crippen LogP contribution in [-0.4, -0.2) is 22.8 Å². The first kappa shape index (κ1) is 18.8. The van der Waals surface area contributed by atoms with E-state index in [1.54, 1.807) is 0 Å². The SMILES string of the molecule is C[C@@H](Oc1ccccc1F)C(=O)NNC(=O)c1ccc(F)c([N+](=O)[O-])c1. The number of carbonyl (C=O) groups is 2. The minimum Gasteiger partial charge on any atom is -0.478 e. The molecule has 0 aromatic heterocycles. The lowest BCUT2D eigenvalue weighted by molar-refractivity contribution is -0.387. The zero-order valence-corrected chi connectivity index (χ0v) is 13.4. The molecule has 136 valence electrons. The lowest BCUT2D eigenvalue weighted by Crippen LogP contribution is -2.47. The number of hydrazine groups is 1. The smallest absolute Gasteiger partial charge is 0.305 e. The number of nitrogens with zero attached hydrogens (tertiary/aromatic N) is 1. The van der Waals surface area contributed by atoms with Gasteiger partial charge in [0, 0.05) is 11.6 Å². The molecule has 0 spiro atoms. The van der Waals surface area contributed by atoms with Crippen LogP contribution in [0.25, 0.3) is 0 Å². The Hall–Kier alpha value is -3.56. The maximum absolute atomic E-state index is 13.5. The topological polar surface area (TPSA) is 111 Å². The van der Waals surface area contributed by atoms with Crippen LogP contribution in [0, 0.1) is 21.7 Å². The molecule has 0 saturated carbocycles. The number of nitro benzene ring substituents is 1. The second-order valence-corrected chi connectivity index (χ2v) is 5.06. The Kier molecular flexibility index (Phi) is 5.78. The molecule has 0 aliphatic heterocycles. The Labute approximate surface area is 145 Å². The summed E-state index contributed by atoms with van der Waals surface area (Å²) in [6.07, 6.45) is -1.14. The van der Waals surface area contributed by atoms with Crippen LogP contribution in [0.1, 0.15) is 17.3 Å².